The number of aliphatic hydroxyl groups excluding tert-OH is 1. The summed E-state index contributed by atoms with van der Waals surface area (Å²) in [4.78, 5) is 33.7. The van der Waals surface area contributed by atoms with Crippen molar-refractivity contribution in [2.24, 2.45) is 10.9 Å². The van der Waals surface area contributed by atoms with Crippen LogP contribution in [0.25, 0.3) is 5.76 Å². The number of aromatic nitrogens is 1. The van der Waals surface area contributed by atoms with Gasteiger partial charge in [-0.15, -0.1) is 0 Å². The van der Waals surface area contributed by atoms with E-state index in [-0.39, 0.29) is 22.9 Å². The minimum absolute atomic E-state index is 0.0645. The molecule has 0 radical (unpaired) electrons. The molecule has 0 aliphatic heterocycles. The molecule has 0 saturated heterocycles. The van der Waals surface area contributed by atoms with Gasteiger partial charge in [0, 0.05) is 23.8 Å². The Morgan fingerprint density at radius 2 is 2.00 bits per heavy atom. The van der Waals surface area contributed by atoms with Gasteiger partial charge in [0.25, 0.3) is 0 Å². The minimum atomic E-state index is -0.252. The average Bonchev–Trinajstić information content (AvgIpc) is 3.07. The summed E-state index contributed by atoms with van der Waals surface area (Å²) < 4.78 is 0. The lowest BCUT2D eigenvalue weighted by molar-refractivity contribution is 0.0956. The lowest BCUT2D eigenvalue weighted by Crippen LogP contribution is -2.16. The predicted molar refractivity (Wildman–Crippen MR) is 92.4 cm³/mol. The number of ketones is 2. The molecule has 1 unspecified atom stereocenters. The Kier molecular flexibility index (Phi) is 3.42. The molecular weight excluding hydrogens is 324 g/mol. The van der Waals surface area contributed by atoms with E-state index in [1.807, 2.05) is 6.92 Å². The van der Waals surface area contributed by atoms with Crippen molar-refractivity contribution in [2.75, 3.05) is 0 Å². The van der Waals surface area contributed by atoms with Crippen LogP contribution in [0.5, 0.6) is 0 Å². The van der Waals surface area contributed by atoms with Gasteiger partial charge in [-0.2, -0.15) is 0 Å². The van der Waals surface area contributed by atoms with Gasteiger partial charge in [0.1, 0.15) is 5.76 Å². The van der Waals surface area contributed by atoms with E-state index >= 15 is 0 Å². The maximum absolute atomic E-state index is 12.3. The maximum Gasteiger partial charge on any atom is 0.210 e. The summed E-state index contributed by atoms with van der Waals surface area (Å²) in [6.07, 6.45) is 2.65. The number of hydrogen-bond acceptors (Lipinski definition) is 6. The molecule has 1 atom stereocenters. The molecule has 2 aromatic rings. The zero-order valence-corrected chi connectivity index (χ0v) is 13.8. The number of carbonyl (C=O) groups is 2. The van der Waals surface area contributed by atoms with E-state index in [2.05, 4.69) is 9.98 Å². The second-order valence-corrected chi connectivity index (χ2v) is 7.08. The van der Waals surface area contributed by atoms with Crippen LogP contribution in [0.15, 0.2) is 34.8 Å². The fourth-order valence-electron chi connectivity index (χ4n) is 3.09. The Hall–Kier alpha value is -2.60. The van der Waals surface area contributed by atoms with Crippen LogP contribution in [-0.2, 0) is 6.42 Å². The van der Waals surface area contributed by atoms with Crippen molar-refractivity contribution in [3.8, 4) is 0 Å². The molecule has 0 fully saturated rings. The largest absolute Gasteiger partial charge is 0.506 e. The van der Waals surface area contributed by atoms with Gasteiger partial charge in [-0.3, -0.25) is 9.59 Å². The van der Waals surface area contributed by atoms with Crippen molar-refractivity contribution < 1.29 is 14.7 Å². The molecule has 6 heteroatoms. The number of allylic oxidation sites excluding steroid dienone is 1. The smallest absolute Gasteiger partial charge is 0.210 e. The molecular formula is C18H14N2O3S. The normalized spacial score (nSPS) is 20.0. The molecule has 1 N–H and O–H groups in total. The van der Waals surface area contributed by atoms with Crippen LogP contribution in [-0.4, -0.2) is 27.9 Å². The summed E-state index contributed by atoms with van der Waals surface area (Å²) in [5.74, 6) is 0.0824. The highest BCUT2D eigenvalue weighted by molar-refractivity contribution is 7.17. The van der Waals surface area contributed by atoms with Crippen LogP contribution < -0.4 is 0 Å². The highest BCUT2D eigenvalue weighted by Gasteiger charge is 2.29. The fourth-order valence-corrected chi connectivity index (χ4v) is 3.97. The third-order valence-electron chi connectivity index (χ3n) is 4.25. The minimum Gasteiger partial charge on any atom is -0.506 e. The van der Waals surface area contributed by atoms with Gasteiger partial charge in [0.15, 0.2) is 11.6 Å². The second-order valence-electron chi connectivity index (χ2n) is 6.10. The lowest BCUT2D eigenvalue weighted by Gasteiger charge is -2.14. The molecule has 24 heavy (non-hydrogen) atoms. The first kappa shape index (κ1) is 15.0. The van der Waals surface area contributed by atoms with E-state index in [1.54, 1.807) is 24.3 Å². The number of aliphatic hydroxyl groups is 1. The van der Waals surface area contributed by atoms with Crippen LogP contribution in [0.4, 0.5) is 5.13 Å². The Morgan fingerprint density at radius 1 is 1.25 bits per heavy atom. The molecule has 0 bridgehead atoms. The van der Waals surface area contributed by atoms with Crippen molar-refractivity contribution in [3.05, 3.63) is 51.5 Å². The number of fused-ring (bicyclic) bond motifs is 2. The van der Waals surface area contributed by atoms with Crippen molar-refractivity contribution in [2.45, 2.75) is 19.8 Å². The molecule has 5 nitrogen and oxygen atoms in total. The third kappa shape index (κ3) is 2.30. The van der Waals surface area contributed by atoms with Gasteiger partial charge in [0.05, 0.1) is 16.1 Å². The molecule has 2 aliphatic carbocycles. The highest BCUT2D eigenvalue weighted by Crippen LogP contribution is 2.34. The Morgan fingerprint density at radius 3 is 2.75 bits per heavy atom. The Balaban J connectivity index is 1.66. The number of aliphatic imine (C=N–C) groups is 1. The monoisotopic (exact) mass is 338 g/mol. The standard InChI is InChI=1S/C18H14N2O3S/c1-9-6-13-17(14(21)7-9)24-18(20-13)19-8-12-15(22)10-4-2-3-5-11(10)16(12)23/h2-5,8-9,22H,6-7H2,1H3/b19-8+. The predicted octanol–water partition coefficient (Wildman–Crippen LogP) is 3.78. The number of rotatable bonds is 2. The quantitative estimate of drug-likeness (QED) is 0.845. The molecule has 0 spiro atoms. The summed E-state index contributed by atoms with van der Waals surface area (Å²) in [6, 6.07) is 6.90. The van der Waals surface area contributed by atoms with Crippen molar-refractivity contribution in [1.82, 2.24) is 4.98 Å². The molecule has 1 aromatic heterocycles. The summed E-state index contributed by atoms with van der Waals surface area (Å²) in [5.41, 5.74) is 1.93. The number of nitrogens with zero attached hydrogens (tertiary/aromatic N) is 2. The van der Waals surface area contributed by atoms with Gasteiger partial charge in [-0.05, 0) is 12.3 Å². The van der Waals surface area contributed by atoms with E-state index in [4.69, 9.17) is 0 Å². The first-order chi connectivity index (χ1) is 11.5. The number of benzene rings is 1. The highest BCUT2D eigenvalue weighted by atomic mass is 32.1. The second kappa shape index (κ2) is 5.49. The van der Waals surface area contributed by atoms with Crippen molar-refractivity contribution in [3.63, 3.8) is 0 Å². The van der Waals surface area contributed by atoms with Crippen molar-refractivity contribution in [1.29, 1.82) is 0 Å². The van der Waals surface area contributed by atoms with E-state index < -0.39 is 0 Å². The summed E-state index contributed by atoms with van der Waals surface area (Å²) in [6.45, 7) is 2.03. The summed E-state index contributed by atoms with van der Waals surface area (Å²) in [7, 11) is 0. The first-order valence-electron chi connectivity index (χ1n) is 7.69. The number of Topliss-reactive ketones (excluding diaryl/α,β-unsaturated/α-hetero) is 2. The SMILES string of the molecule is CC1CC(=O)c2sc(/N=C/C3=C(O)c4ccccc4C3=O)nc2C1. The Bertz CT molecular complexity index is 939. The summed E-state index contributed by atoms with van der Waals surface area (Å²) in [5, 5.41) is 10.7. The van der Waals surface area contributed by atoms with Crippen LogP contribution in [0.1, 0.15) is 44.6 Å². The molecule has 1 heterocycles. The molecule has 1 aromatic carbocycles. The van der Waals surface area contributed by atoms with E-state index in [0.29, 0.717) is 33.5 Å². The van der Waals surface area contributed by atoms with E-state index in [9.17, 15) is 14.7 Å². The first-order valence-corrected chi connectivity index (χ1v) is 8.50. The number of hydrogen-bond donors (Lipinski definition) is 1. The average molecular weight is 338 g/mol. The molecule has 120 valence electrons. The zero-order chi connectivity index (χ0) is 16.8. The van der Waals surface area contributed by atoms with Crippen molar-refractivity contribution >= 4 is 40.0 Å². The van der Waals surface area contributed by atoms with Gasteiger partial charge in [-0.25, -0.2) is 9.98 Å². The number of carbonyl (C=O) groups excluding carboxylic acids is 2. The van der Waals surface area contributed by atoms with E-state index in [1.165, 1.54) is 17.6 Å². The van der Waals surface area contributed by atoms with Crippen LogP contribution >= 0.6 is 11.3 Å². The van der Waals surface area contributed by atoms with Crippen LogP contribution in [0, 0.1) is 5.92 Å². The lowest BCUT2D eigenvalue weighted by atomic mass is 9.92. The van der Waals surface area contributed by atoms with Crippen LogP contribution in [0.2, 0.25) is 0 Å². The Labute approximate surface area is 142 Å². The van der Waals surface area contributed by atoms with Gasteiger partial charge in [0.2, 0.25) is 5.13 Å². The fraction of sp³-hybridized carbons (Fsp3) is 0.222. The number of thiazole rings is 1. The van der Waals surface area contributed by atoms with Gasteiger partial charge in [-0.1, -0.05) is 42.5 Å². The zero-order valence-electron chi connectivity index (χ0n) is 12.9. The topological polar surface area (TPSA) is 79.6 Å². The van der Waals surface area contributed by atoms with Crippen LogP contribution in [0.3, 0.4) is 0 Å². The van der Waals surface area contributed by atoms with Gasteiger partial charge >= 0.3 is 0 Å². The molecule has 2 aliphatic rings. The van der Waals surface area contributed by atoms with Gasteiger partial charge < -0.3 is 5.11 Å². The summed E-state index contributed by atoms with van der Waals surface area (Å²) >= 11 is 1.24. The molecule has 4 rings (SSSR count). The molecule has 0 amide bonds. The third-order valence-corrected chi connectivity index (χ3v) is 5.29. The maximum atomic E-state index is 12.3. The van der Waals surface area contributed by atoms with E-state index in [0.717, 1.165) is 12.1 Å². The molecule has 0 saturated carbocycles.